The second-order valence-corrected chi connectivity index (χ2v) is 8.48. The third-order valence-corrected chi connectivity index (χ3v) is 6.07. The minimum Gasteiger partial charge on any atom is -0.395 e. The lowest BCUT2D eigenvalue weighted by Gasteiger charge is -2.29. The van der Waals surface area contributed by atoms with Crippen LogP contribution in [0.3, 0.4) is 0 Å². The summed E-state index contributed by atoms with van der Waals surface area (Å²) in [4.78, 5) is 0.121. The number of benzene rings is 3. The molecule has 29 heavy (non-hydrogen) atoms. The van der Waals surface area contributed by atoms with E-state index < -0.39 is 28.7 Å². The molecule has 0 saturated heterocycles. The first kappa shape index (κ1) is 21.0. The molecule has 0 aliphatic carbocycles. The van der Waals surface area contributed by atoms with Crippen molar-refractivity contribution in [3.05, 3.63) is 95.8 Å². The van der Waals surface area contributed by atoms with Gasteiger partial charge >= 0.3 is 0 Å². The second-order valence-electron chi connectivity index (χ2n) is 6.76. The van der Waals surface area contributed by atoms with Gasteiger partial charge in [-0.1, -0.05) is 48.0 Å². The van der Waals surface area contributed by atoms with Gasteiger partial charge in [0.05, 0.1) is 23.6 Å². The van der Waals surface area contributed by atoms with Crippen LogP contribution >= 0.6 is 0 Å². The van der Waals surface area contributed by atoms with E-state index in [9.17, 15) is 17.9 Å². The predicted molar refractivity (Wildman–Crippen MR) is 112 cm³/mol. The fourth-order valence-electron chi connectivity index (χ4n) is 3.00. The Labute approximate surface area is 170 Å². The van der Waals surface area contributed by atoms with E-state index in [0.29, 0.717) is 5.69 Å². The van der Waals surface area contributed by atoms with E-state index >= 15 is 0 Å². The zero-order valence-corrected chi connectivity index (χ0v) is 16.7. The third kappa shape index (κ3) is 5.41. The second kappa shape index (κ2) is 9.17. The van der Waals surface area contributed by atoms with Crippen LogP contribution in [0.2, 0.25) is 0 Å². The number of aliphatic hydroxyl groups excluding tert-OH is 1. The van der Waals surface area contributed by atoms with Crippen LogP contribution in [0.4, 0.5) is 10.1 Å². The number of sulfonamides is 1. The SMILES string of the molecule is Cc1ccc(S(=O)(=O)N[C@H](CO)[C@@H](Nc2ccc(F)cc2)c2ccccc2)cc1. The van der Waals surface area contributed by atoms with Crippen LogP contribution in [0.5, 0.6) is 0 Å². The van der Waals surface area contributed by atoms with E-state index in [0.717, 1.165) is 11.1 Å². The Morgan fingerprint density at radius 2 is 1.55 bits per heavy atom. The van der Waals surface area contributed by atoms with Crippen molar-refractivity contribution in [1.29, 1.82) is 0 Å². The number of aryl methyl sites for hydroxylation is 1. The Bertz CT molecular complexity index is 1020. The highest BCUT2D eigenvalue weighted by atomic mass is 32.2. The van der Waals surface area contributed by atoms with Gasteiger partial charge in [0.25, 0.3) is 0 Å². The summed E-state index contributed by atoms with van der Waals surface area (Å²) < 4.78 is 41.5. The summed E-state index contributed by atoms with van der Waals surface area (Å²) in [6.07, 6.45) is 0. The van der Waals surface area contributed by atoms with E-state index in [2.05, 4.69) is 10.0 Å². The van der Waals surface area contributed by atoms with Crippen molar-refractivity contribution < 1.29 is 17.9 Å². The Balaban J connectivity index is 1.91. The number of halogens is 1. The summed E-state index contributed by atoms with van der Waals surface area (Å²) in [6.45, 7) is 1.44. The first-order chi connectivity index (χ1) is 13.9. The Hall–Kier alpha value is -2.74. The lowest BCUT2D eigenvalue weighted by Crippen LogP contribution is -2.44. The van der Waals surface area contributed by atoms with Crippen molar-refractivity contribution in [3.8, 4) is 0 Å². The maximum Gasteiger partial charge on any atom is 0.240 e. The molecule has 0 spiro atoms. The van der Waals surface area contributed by atoms with Gasteiger partial charge < -0.3 is 10.4 Å². The summed E-state index contributed by atoms with van der Waals surface area (Å²) in [6, 6.07) is 20.0. The van der Waals surface area contributed by atoms with Crippen molar-refractivity contribution in [2.75, 3.05) is 11.9 Å². The van der Waals surface area contributed by atoms with E-state index in [-0.39, 0.29) is 10.7 Å². The Kier molecular flexibility index (Phi) is 6.64. The molecule has 0 heterocycles. The molecule has 7 heteroatoms. The molecule has 0 amide bonds. The van der Waals surface area contributed by atoms with Gasteiger partial charge in [0, 0.05) is 5.69 Å². The number of aliphatic hydroxyl groups is 1. The van der Waals surface area contributed by atoms with E-state index in [1.807, 2.05) is 37.3 Å². The Morgan fingerprint density at radius 3 is 2.14 bits per heavy atom. The highest BCUT2D eigenvalue weighted by Crippen LogP contribution is 2.24. The standard InChI is InChI=1S/C22H23FN2O3S/c1-16-7-13-20(14-8-16)29(27,28)25-21(15-26)22(17-5-3-2-4-6-17)24-19-11-9-18(23)10-12-19/h2-14,21-22,24-26H,15H2,1H3/t21-,22+/m1/s1. The van der Waals surface area contributed by atoms with Crippen LogP contribution in [0, 0.1) is 12.7 Å². The minimum absolute atomic E-state index is 0.121. The molecule has 0 aromatic heterocycles. The molecule has 3 rings (SSSR count). The summed E-state index contributed by atoms with van der Waals surface area (Å²) >= 11 is 0. The van der Waals surface area contributed by atoms with Gasteiger partial charge in [-0.05, 0) is 48.9 Å². The van der Waals surface area contributed by atoms with Crippen molar-refractivity contribution >= 4 is 15.7 Å². The molecule has 0 aliphatic heterocycles. The number of hydrogen-bond acceptors (Lipinski definition) is 4. The molecule has 2 atom stereocenters. The minimum atomic E-state index is -3.85. The fourth-order valence-corrected chi connectivity index (χ4v) is 4.24. The first-order valence-corrected chi connectivity index (χ1v) is 10.6. The zero-order valence-electron chi connectivity index (χ0n) is 15.9. The summed E-state index contributed by atoms with van der Waals surface area (Å²) in [5.74, 6) is -0.370. The van der Waals surface area contributed by atoms with Gasteiger partial charge in [0.1, 0.15) is 5.82 Å². The third-order valence-electron chi connectivity index (χ3n) is 4.56. The first-order valence-electron chi connectivity index (χ1n) is 9.16. The van der Waals surface area contributed by atoms with Crippen molar-refractivity contribution in [1.82, 2.24) is 4.72 Å². The van der Waals surface area contributed by atoms with E-state index in [1.165, 1.54) is 24.3 Å². The molecule has 0 saturated carbocycles. The van der Waals surface area contributed by atoms with Crippen molar-refractivity contribution in [2.24, 2.45) is 0 Å². The quantitative estimate of drug-likeness (QED) is 0.526. The smallest absolute Gasteiger partial charge is 0.240 e. The molecule has 3 aromatic carbocycles. The van der Waals surface area contributed by atoms with Crippen LogP contribution in [-0.4, -0.2) is 26.2 Å². The maximum absolute atomic E-state index is 13.3. The molecular weight excluding hydrogens is 391 g/mol. The van der Waals surface area contributed by atoms with Crippen LogP contribution in [0.1, 0.15) is 17.2 Å². The molecule has 0 radical (unpaired) electrons. The summed E-state index contributed by atoms with van der Waals surface area (Å²) in [5.41, 5.74) is 2.33. The molecule has 0 unspecified atom stereocenters. The van der Waals surface area contributed by atoms with Gasteiger partial charge in [-0.25, -0.2) is 17.5 Å². The highest BCUT2D eigenvalue weighted by molar-refractivity contribution is 7.89. The molecule has 3 aromatic rings. The number of hydrogen-bond donors (Lipinski definition) is 3. The molecular formula is C22H23FN2O3S. The molecule has 0 bridgehead atoms. The topological polar surface area (TPSA) is 78.4 Å². The number of rotatable bonds is 8. The average Bonchev–Trinajstić information content (AvgIpc) is 2.73. The molecule has 152 valence electrons. The van der Waals surface area contributed by atoms with Crippen molar-refractivity contribution in [2.45, 2.75) is 23.9 Å². The lowest BCUT2D eigenvalue weighted by molar-refractivity contribution is 0.244. The van der Waals surface area contributed by atoms with Gasteiger partial charge in [-0.15, -0.1) is 0 Å². The summed E-state index contributed by atoms with van der Waals surface area (Å²) in [5, 5.41) is 13.2. The molecule has 0 aliphatic rings. The predicted octanol–water partition coefficient (Wildman–Crippen LogP) is 3.63. The maximum atomic E-state index is 13.3. The fraction of sp³-hybridized carbons (Fsp3) is 0.182. The summed E-state index contributed by atoms with van der Waals surface area (Å²) in [7, 11) is -3.85. The van der Waals surface area contributed by atoms with E-state index in [1.54, 1.807) is 24.3 Å². The number of anilines is 1. The van der Waals surface area contributed by atoms with E-state index in [4.69, 9.17) is 0 Å². The zero-order chi connectivity index (χ0) is 20.9. The van der Waals surface area contributed by atoms with Gasteiger partial charge in [0.15, 0.2) is 0 Å². The molecule has 0 fully saturated rings. The van der Waals surface area contributed by atoms with Crippen LogP contribution in [0.15, 0.2) is 83.8 Å². The van der Waals surface area contributed by atoms with Crippen molar-refractivity contribution in [3.63, 3.8) is 0 Å². The van der Waals surface area contributed by atoms with Crippen LogP contribution in [0.25, 0.3) is 0 Å². The van der Waals surface area contributed by atoms with Gasteiger partial charge in [-0.3, -0.25) is 0 Å². The Morgan fingerprint density at radius 1 is 0.931 bits per heavy atom. The highest BCUT2D eigenvalue weighted by Gasteiger charge is 2.28. The average molecular weight is 415 g/mol. The van der Waals surface area contributed by atoms with Crippen LogP contribution in [-0.2, 0) is 10.0 Å². The van der Waals surface area contributed by atoms with Gasteiger partial charge in [0.2, 0.25) is 10.0 Å². The molecule has 3 N–H and O–H groups in total. The lowest BCUT2D eigenvalue weighted by atomic mass is 10.00. The van der Waals surface area contributed by atoms with Crippen LogP contribution < -0.4 is 10.0 Å². The largest absolute Gasteiger partial charge is 0.395 e. The monoisotopic (exact) mass is 414 g/mol. The van der Waals surface area contributed by atoms with Gasteiger partial charge in [-0.2, -0.15) is 0 Å². The normalized spacial score (nSPS) is 13.6. The number of nitrogens with one attached hydrogen (secondary N) is 2. The molecule has 5 nitrogen and oxygen atoms in total.